The van der Waals surface area contributed by atoms with Gasteiger partial charge in [-0.25, -0.2) is 4.79 Å². The van der Waals surface area contributed by atoms with Crippen molar-refractivity contribution in [3.8, 4) is 0 Å². The fourth-order valence-corrected chi connectivity index (χ4v) is 2.29. The van der Waals surface area contributed by atoms with Crippen LogP contribution in [0.15, 0.2) is 12.7 Å². The number of cyclic esters (lactones) is 2. The first-order valence-corrected chi connectivity index (χ1v) is 5.31. The summed E-state index contributed by atoms with van der Waals surface area (Å²) in [5, 5.41) is 0. The van der Waals surface area contributed by atoms with Gasteiger partial charge in [-0.3, -0.25) is 9.59 Å². The molecule has 86 valence electrons. The molecule has 0 aliphatic carbocycles. The number of nitrogens with zero attached hydrogens (tertiary/aromatic N) is 1. The van der Waals surface area contributed by atoms with Gasteiger partial charge in [-0.05, 0) is 12.8 Å². The molecule has 1 amide bonds. The van der Waals surface area contributed by atoms with Crippen LogP contribution in [0.2, 0.25) is 0 Å². The van der Waals surface area contributed by atoms with Crippen molar-refractivity contribution in [1.82, 2.24) is 4.90 Å². The minimum atomic E-state index is -0.700. The monoisotopic (exact) mass is 223 g/mol. The molecule has 2 aliphatic rings. The molecule has 2 aliphatic heterocycles. The van der Waals surface area contributed by atoms with Gasteiger partial charge >= 0.3 is 11.9 Å². The van der Waals surface area contributed by atoms with Crippen LogP contribution in [0.25, 0.3) is 0 Å². The zero-order chi connectivity index (χ0) is 11.7. The van der Waals surface area contributed by atoms with Crippen LogP contribution in [0.4, 0.5) is 0 Å². The second kappa shape index (κ2) is 4.08. The lowest BCUT2D eigenvalue weighted by molar-refractivity contribution is -0.155. The highest BCUT2D eigenvalue weighted by atomic mass is 16.6. The van der Waals surface area contributed by atoms with Gasteiger partial charge in [0.05, 0.1) is 5.92 Å². The number of hydrogen-bond acceptors (Lipinski definition) is 4. The van der Waals surface area contributed by atoms with Crippen molar-refractivity contribution < 1.29 is 19.1 Å². The summed E-state index contributed by atoms with van der Waals surface area (Å²) in [6.45, 7) is 3.99. The third-order valence-electron chi connectivity index (χ3n) is 3.02. The zero-order valence-corrected chi connectivity index (χ0v) is 8.85. The van der Waals surface area contributed by atoms with Crippen LogP contribution in [0.5, 0.6) is 0 Å². The van der Waals surface area contributed by atoms with Gasteiger partial charge in [0.2, 0.25) is 5.91 Å². The molecule has 0 bridgehead atoms. The molecule has 0 aromatic carbocycles. The molecular formula is C11H13NO4. The predicted octanol–water partition coefficient (Wildman–Crippen LogP) is 0.253. The van der Waals surface area contributed by atoms with Crippen LogP contribution in [-0.4, -0.2) is 35.3 Å². The van der Waals surface area contributed by atoms with Crippen molar-refractivity contribution in [3.05, 3.63) is 12.7 Å². The second-order valence-corrected chi connectivity index (χ2v) is 4.01. The lowest BCUT2D eigenvalue weighted by Gasteiger charge is -2.33. The average Bonchev–Trinajstić information content (AvgIpc) is 2.55. The number of piperidine rings is 1. The summed E-state index contributed by atoms with van der Waals surface area (Å²) in [6.07, 6.45) is 3.03. The minimum Gasteiger partial charge on any atom is -0.391 e. The molecule has 0 radical (unpaired) electrons. The molecule has 16 heavy (non-hydrogen) atoms. The van der Waals surface area contributed by atoms with E-state index >= 15 is 0 Å². The highest BCUT2D eigenvalue weighted by molar-refractivity contribution is 6.01. The Kier molecular flexibility index (Phi) is 2.77. The summed E-state index contributed by atoms with van der Waals surface area (Å²) in [7, 11) is 0. The quantitative estimate of drug-likeness (QED) is 0.382. The van der Waals surface area contributed by atoms with E-state index in [1.807, 2.05) is 0 Å². The largest absolute Gasteiger partial charge is 0.391 e. The second-order valence-electron chi connectivity index (χ2n) is 4.01. The van der Waals surface area contributed by atoms with Gasteiger partial charge in [0.15, 0.2) is 0 Å². The van der Waals surface area contributed by atoms with Crippen LogP contribution in [0, 0.1) is 5.92 Å². The molecule has 2 heterocycles. The molecule has 2 atom stereocenters. The van der Waals surface area contributed by atoms with Gasteiger partial charge in [-0.2, -0.15) is 0 Å². The molecule has 0 spiro atoms. The first-order chi connectivity index (χ1) is 7.65. The van der Waals surface area contributed by atoms with Crippen LogP contribution in [-0.2, 0) is 19.1 Å². The number of esters is 2. The number of rotatable bonds is 2. The van der Waals surface area contributed by atoms with E-state index in [4.69, 9.17) is 0 Å². The van der Waals surface area contributed by atoms with Crippen molar-refractivity contribution in [3.63, 3.8) is 0 Å². The Morgan fingerprint density at radius 2 is 2.25 bits per heavy atom. The summed E-state index contributed by atoms with van der Waals surface area (Å²) in [4.78, 5) is 36.0. The molecule has 2 rings (SSSR count). The maximum absolute atomic E-state index is 11.7. The molecule has 0 unspecified atom stereocenters. The summed E-state index contributed by atoms with van der Waals surface area (Å²) >= 11 is 0. The first kappa shape index (κ1) is 10.9. The van der Waals surface area contributed by atoms with Gasteiger partial charge in [-0.15, -0.1) is 6.58 Å². The molecule has 5 nitrogen and oxygen atoms in total. The average molecular weight is 223 g/mol. The fourth-order valence-electron chi connectivity index (χ4n) is 2.29. The van der Waals surface area contributed by atoms with E-state index in [1.54, 1.807) is 0 Å². The number of amides is 1. The molecule has 0 aromatic heterocycles. The molecule has 2 saturated heterocycles. The minimum absolute atomic E-state index is 0.170. The molecule has 0 N–H and O–H groups in total. The predicted molar refractivity (Wildman–Crippen MR) is 54.1 cm³/mol. The van der Waals surface area contributed by atoms with E-state index in [0.29, 0.717) is 13.0 Å². The number of hydrogen-bond donors (Lipinski definition) is 0. The number of carbonyl (C=O) groups excluding carboxylic acids is 3. The number of carbonyl (C=O) groups is 3. The Morgan fingerprint density at radius 1 is 1.50 bits per heavy atom. The van der Waals surface area contributed by atoms with Gasteiger partial charge in [0.25, 0.3) is 0 Å². The SMILES string of the molecule is C=CCC(=O)N1CCC[C@@H]2C(=O)OC(=O)[C@@H]21. The van der Waals surface area contributed by atoms with E-state index in [2.05, 4.69) is 11.3 Å². The topological polar surface area (TPSA) is 63.7 Å². The third kappa shape index (κ3) is 1.62. The lowest BCUT2D eigenvalue weighted by atomic mass is 9.91. The van der Waals surface area contributed by atoms with Crippen molar-refractivity contribution in [2.45, 2.75) is 25.3 Å². The standard InChI is InChI=1S/C11H13NO4/c1-2-4-8(13)12-6-3-5-7-9(12)11(15)16-10(7)14/h2,7,9H,1,3-6H2/t7-,9+/m0/s1. The Bertz CT molecular complexity index is 363. The Labute approximate surface area is 93.0 Å². The van der Waals surface area contributed by atoms with Gasteiger partial charge in [0.1, 0.15) is 6.04 Å². The number of likely N-dealkylation sites (tertiary alicyclic amines) is 1. The maximum atomic E-state index is 11.7. The molecular weight excluding hydrogens is 210 g/mol. The molecule has 0 saturated carbocycles. The van der Waals surface area contributed by atoms with Crippen LogP contribution in [0.1, 0.15) is 19.3 Å². The molecule has 2 fully saturated rings. The van der Waals surface area contributed by atoms with E-state index in [1.165, 1.54) is 11.0 Å². The number of ether oxygens (including phenoxy) is 1. The van der Waals surface area contributed by atoms with Crippen molar-refractivity contribution in [2.24, 2.45) is 5.92 Å². The normalized spacial score (nSPS) is 28.6. The van der Waals surface area contributed by atoms with Gasteiger partial charge < -0.3 is 9.64 Å². The first-order valence-electron chi connectivity index (χ1n) is 5.31. The van der Waals surface area contributed by atoms with Crippen molar-refractivity contribution >= 4 is 17.8 Å². The molecule has 0 aromatic rings. The van der Waals surface area contributed by atoms with E-state index in [0.717, 1.165) is 6.42 Å². The summed E-state index contributed by atoms with van der Waals surface area (Å²) < 4.78 is 4.57. The van der Waals surface area contributed by atoms with Gasteiger partial charge in [-0.1, -0.05) is 6.08 Å². The summed E-state index contributed by atoms with van der Waals surface area (Å²) in [6, 6.07) is -0.700. The van der Waals surface area contributed by atoms with Crippen molar-refractivity contribution in [1.29, 1.82) is 0 Å². The van der Waals surface area contributed by atoms with Crippen molar-refractivity contribution in [2.75, 3.05) is 6.54 Å². The Hall–Kier alpha value is -1.65. The smallest absolute Gasteiger partial charge is 0.337 e. The fraction of sp³-hybridized carbons (Fsp3) is 0.545. The van der Waals surface area contributed by atoms with E-state index in [9.17, 15) is 14.4 Å². The summed E-state index contributed by atoms with van der Waals surface area (Å²) in [5.74, 6) is -1.72. The number of fused-ring (bicyclic) bond motifs is 1. The van der Waals surface area contributed by atoms with Crippen LogP contribution in [0.3, 0.4) is 0 Å². The third-order valence-corrected chi connectivity index (χ3v) is 3.02. The van der Waals surface area contributed by atoms with Crippen LogP contribution < -0.4 is 0 Å². The van der Waals surface area contributed by atoms with Gasteiger partial charge in [0, 0.05) is 13.0 Å². The molecule has 5 heteroatoms. The van der Waals surface area contributed by atoms with E-state index < -0.39 is 23.9 Å². The summed E-state index contributed by atoms with van der Waals surface area (Å²) in [5.41, 5.74) is 0. The Balaban J connectivity index is 2.20. The zero-order valence-electron chi connectivity index (χ0n) is 8.85. The highest BCUT2D eigenvalue weighted by Crippen LogP contribution is 2.31. The van der Waals surface area contributed by atoms with Crippen LogP contribution >= 0.6 is 0 Å². The van der Waals surface area contributed by atoms with E-state index in [-0.39, 0.29) is 12.3 Å². The maximum Gasteiger partial charge on any atom is 0.337 e. The lowest BCUT2D eigenvalue weighted by Crippen LogP contribution is -2.50. The Morgan fingerprint density at radius 3 is 2.94 bits per heavy atom. The highest BCUT2D eigenvalue weighted by Gasteiger charge is 2.50.